The smallest absolute Gasteiger partial charge is 0.341 e. The summed E-state index contributed by atoms with van der Waals surface area (Å²) in [7, 11) is 0. The number of esters is 1. The van der Waals surface area contributed by atoms with Crippen molar-refractivity contribution < 1.29 is 23.5 Å². The van der Waals surface area contributed by atoms with Crippen molar-refractivity contribution in [3.63, 3.8) is 0 Å². The fraction of sp³-hybridized carbons (Fsp3) is 0.333. The number of furan rings is 1. The number of fused-ring (bicyclic) bond motifs is 1. The highest BCUT2D eigenvalue weighted by Gasteiger charge is 2.28. The fourth-order valence-electron chi connectivity index (χ4n) is 3.62. The van der Waals surface area contributed by atoms with Crippen LogP contribution in [0.4, 0.5) is 5.00 Å². The van der Waals surface area contributed by atoms with Gasteiger partial charge < -0.3 is 19.2 Å². The van der Waals surface area contributed by atoms with Gasteiger partial charge in [0, 0.05) is 4.88 Å². The van der Waals surface area contributed by atoms with Crippen LogP contribution in [0.15, 0.2) is 34.7 Å². The van der Waals surface area contributed by atoms with Gasteiger partial charge in [0.2, 0.25) is 0 Å². The van der Waals surface area contributed by atoms with Gasteiger partial charge in [-0.05, 0) is 61.9 Å². The Balaban J connectivity index is 1.47. The van der Waals surface area contributed by atoms with Crippen LogP contribution < -0.4 is 10.1 Å². The van der Waals surface area contributed by atoms with Crippen molar-refractivity contribution in [2.24, 2.45) is 0 Å². The van der Waals surface area contributed by atoms with E-state index >= 15 is 0 Å². The molecule has 1 amide bonds. The monoisotopic (exact) mass is 507 g/mol. The number of carbonyl (C=O) groups excluding carboxylic acids is 2. The first-order chi connectivity index (χ1) is 16.0. The lowest BCUT2D eigenvalue weighted by Crippen LogP contribution is -2.15. The Morgan fingerprint density at radius 2 is 1.97 bits per heavy atom. The Morgan fingerprint density at radius 3 is 2.79 bits per heavy atom. The number of benzene rings is 1. The van der Waals surface area contributed by atoms with Crippen LogP contribution in [0.25, 0.3) is 0 Å². The third-order valence-electron chi connectivity index (χ3n) is 5.21. The van der Waals surface area contributed by atoms with Gasteiger partial charge in [0.25, 0.3) is 5.91 Å². The molecule has 3 aromatic rings. The van der Waals surface area contributed by atoms with Crippen LogP contribution in [-0.4, -0.2) is 18.5 Å². The summed E-state index contributed by atoms with van der Waals surface area (Å²) in [4.78, 5) is 26.7. The van der Waals surface area contributed by atoms with Crippen molar-refractivity contribution in [3.8, 4) is 5.75 Å². The number of rotatable bonds is 8. The molecule has 1 N–H and O–H groups in total. The van der Waals surface area contributed by atoms with E-state index < -0.39 is 11.9 Å². The maximum Gasteiger partial charge on any atom is 0.341 e. The number of halogens is 2. The number of carbonyl (C=O) groups is 2. The van der Waals surface area contributed by atoms with Crippen LogP contribution in [0.2, 0.25) is 10.0 Å². The molecule has 0 radical (unpaired) electrons. The summed E-state index contributed by atoms with van der Waals surface area (Å²) in [5, 5.41) is 4.06. The molecule has 174 valence electrons. The summed E-state index contributed by atoms with van der Waals surface area (Å²) in [6, 6.07) is 8.32. The highest BCUT2D eigenvalue weighted by molar-refractivity contribution is 7.17. The number of hydrogen-bond donors (Lipinski definition) is 1. The highest BCUT2D eigenvalue weighted by atomic mass is 35.5. The van der Waals surface area contributed by atoms with Crippen LogP contribution in [0.5, 0.6) is 5.75 Å². The lowest BCUT2D eigenvalue weighted by Gasteiger charge is -2.12. The van der Waals surface area contributed by atoms with Crippen molar-refractivity contribution in [2.45, 2.75) is 45.6 Å². The Hall–Kier alpha value is -2.48. The zero-order valence-corrected chi connectivity index (χ0v) is 20.4. The second-order valence-corrected chi connectivity index (χ2v) is 9.50. The van der Waals surface area contributed by atoms with Crippen molar-refractivity contribution in [1.29, 1.82) is 0 Å². The molecule has 2 aromatic heterocycles. The third-order valence-corrected chi connectivity index (χ3v) is 7.22. The molecule has 0 aliphatic heterocycles. The number of ether oxygens (including phenoxy) is 2. The molecule has 1 aliphatic rings. The number of thiophene rings is 1. The number of aryl methyl sites for hydroxylation is 1. The standard InChI is InChI=1S/C24H23Cl2NO5S/c1-2-12-30-24(29)20-15-6-3-4-9-19(15)33-23(20)27-22(28)18-11-10-14(32-18)13-31-17-8-5-7-16(25)21(17)26/h5,7-8,10-11H,2-4,6,9,12-13H2,1H3,(H,27,28). The Kier molecular flexibility index (Phi) is 7.63. The summed E-state index contributed by atoms with van der Waals surface area (Å²) in [5.74, 6) is 0.156. The Bertz CT molecular complexity index is 1170. The van der Waals surface area contributed by atoms with Gasteiger partial charge in [-0.3, -0.25) is 4.79 Å². The van der Waals surface area contributed by atoms with E-state index in [2.05, 4.69) is 5.32 Å². The lowest BCUT2D eigenvalue weighted by atomic mass is 9.95. The van der Waals surface area contributed by atoms with Crippen molar-refractivity contribution in [1.82, 2.24) is 0 Å². The number of amides is 1. The van der Waals surface area contributed by atoms with Gasteiger partial charge in [-0.2, -0.15) is 0 Å². The van der Waals surface area contributed by atoms with Crippen LogP contribution in [0.1, 0.15) is 63.3 Å². The van der Waals surface area contributed by atoms with Crippen molar-refractivity contribution in [2.75, 3.05) is 11.9 Å². The summed E-state index contributed by atoms with van der Waals surface area (Å²) in [6.45, 7) is 2.36. The van der Waals surface area contributed by atoms with E-state index in [1.807, 2.05) is 6.92 Å². The molecular formula is C24H23Cl2NO5S. The number of anilines is 1. The molecule has 4 rings (SSSR count). The number of nitrogens with one attached hydrogen (secondary N) is 1. The van der Waals surface area contributed by atoms with E-state index in [0.29, 0.717) is 38.7 Å². The average molecular weight is 508 g/mol. The van der Waals surface area contributed by atoms with Gasteiger partial charge in [-0.25, -0.2) is 4.79 Å². The SMILES string of the molecule is CCCOC(=O)c1c(NC(=O)c2ccc(COc3cccc(Cl)c3Cl)o2)sc2c1CCCC2. The predicted molar refractivity (Wildman–Crippen MR) is 129 cm³/mol. The topological polar surface area (TPSA) is 77.8 Å². The zero-order valence-electron chi connectivity index (χ0n) is 18.0. The highest BCUT2D eigenvalue weighted by Crippen LogP contribution is 2.39. The molecule has 0 saturated carbocycles. The first-order valence-electron chi connectivity index (χ1n) is 10.8. The molecule has 0 unspecified atom stereocenters. The summed E-state index contributed by atoms with van der Waals surface area (Å²) < 4.78 is 16.7. The van der Waals surface area contributed by atoms with Gasteiger partial charge in [-0.1, -0.05) is 36.2 Å². The maximum atomic E-state index is 12.9. The molecule has 0 spiro atoms. The minimum atomic E-state index is -0.440. The minimum Gasteiger partial charge on any atom is -0.484 e. The molecule has 6 nitrogen and oxygen atoms in total. The maximum absolute atomic E-state index is 12.9. The molecule has 2 heterocycles. The quantitative estimate of drug-likeness (QED) is 0.334. The summed E-state index contributed by atoms with van der Waals surface area (Å²) in [6.07, 6.45) is 4.54. The second kappa shape index (κ2) is 10.6. The van der Waals surface area contributed by atoms with E-state index in [9.17, 15) is 9.59 Å². The predicted octanol–water partition coefficient (Wildman–Crippen LogP) is 6.92. The Morgan fingerprint density at radius 1 is 1.15 bits per heavy atom. The average Bonchev–Trinajstić information content (AvgIpc) is 3.43. The normalized spacial score (nSPS) is 12.8. The van der Waals surface area contributed by atoms with Crippen molar-refractivity contribution >= 4 is 51.4 Å². The van der Waals surface area contributed by atoms with E-state index in [1.54, 1.807) is 30.3 Å². The molecule has 1 aromatic carbocycles. The van der Waals surface area contributed by atoms with E-state index in [0.717, 1.165) is 42.5 Å². The molecule has 0 saturated heterocycles. The largest absolute Gasteiger partial charge is 0.484 e. The van der Waals surface area contributed by atoms with Crippen LogP contribution in [-0.2, 0) is 24.2 Å². The molecule has 0 bridgehead atoms. The molecule has 0 atom stereocenters. The first-order valence-corrected chi connectivity index (χ1v) is 12.3. The third kappa shape index (κ3) is 5.37. The van der Waals surface area contributed by atoms with Crippen molar-refractivity contribution in [3.05, 3.63) is 67.9 Å². The fourth-order valence-corrected chi connectivity index (χ4v) is 5.24. The molecule has 33 heavy (non-hydrogen) atoms. The minimum absolute atomic E-state index is 0.0786. The molecule has 9 heteroatoms. The van der Waals surface area contributed by atoms with E-state index in [-0.39, 0.29) is 12.4 Å². The molecule has 1 aliphatic carbocycles. The Labute approximate surface area is 205 Å². The van der Waals surface area contributed by atoms with Crippen LogP contribution in [0.3, 0.4) is 0 Å². The zero-order chi connectivity index (χ0) is 23.4. The van der Waals surface area contributed by atoms with Gasteiger partial charge in [0.05, 0.1) is 17.2 Å². The lowest BCUT2D eigenvalue weighted by molar-refractivity contribution is 0.0505. The van der Waals surface area contributed by atoms with E-state index in [1.165, 1.54) is 11.3 Å². The van der Waals surface area contributed by atoms with Crippen LogP contribution in [0, 0.1) is 0 Å². The van der Waals surface area contributed by atoms with Gasteiger partial charge >= 0.3 is 5.97 Å². The van der Waals surface area contributed by atoms with Gasteiger partial charge in [0.15, 0.2) is 5.76 Å². The first kappa shape index (κ1) is 23.7. The second-order valence-electron chi connectivity index (χ2n) is 7.61. The van der Waals surface area contributed by atoms with Gasteiger partial charge in [0.1, 0.15) is 28.1 Å². The van der Waals surface area contributed by atoms with Gasteiger partial charge in [-0.15, -0.1) is 11.3 Å². The van der Waals surface area contributed by atoms with Crippen LogP contribution >= 0.6 is 34.5 Å². The molecule has 0 fully saturated rings. The molecular weight excluding hydrogens is 485 g/mol. The summed E-state index contributed by atoms with van der Waals surface area (Å²) >= 11 is 13.6. The number of hydrogen-bond acceptors (Lipinski definition) is 6. The summed E-state index contributed by atoms with van der Waals surface area (Å²) in [5.41, 5.74) is 1.47. The van der Waals surface area contributed by atoms with E-state index in [4.69, 9.17) is 37.1 Å².